The van der Waals surface area contributed by atoms with Crippen molar-refractivity contribution in [1.29, 1.82) is 0 Å². The van der Waals surface area contributed by atoms with Crippen LogP contribution in [0.5, 0.6) is 0 Å². The second-order valence-electron chi connectivity index (χ2n) is 10.1. The van der Waals surface area contributed by atoms with Gasteiger partial charge in [0.25, 0.3) is 0 Å². The van der Waals surface area contributed by atoms with Gasteiger partial charge in [0, 0.05) is 23.3 Å². The maximum Gasteiger partial charge on any atom is 0.244 e. The van der Waals surface area contributed by atoms with Crippen LogP contribution >= 0.6 is 12.2 Å². The van der Waals surface area contributed by atoms with E-state index in [9.17, 15) is 4.79 Å². The van der Waals surface area contributed by atoms with E-state index < -0.39 is 0 Å². The van der Waals surface area contributed by atoms with Crippen molar-refractivity contribution in [3.63, 3.8) is 0 Å². The van der Waals surface area contributed by atoms with E-state index in [0.717, 1.165) is 28.3 Å². The molecule has 38 heavy (non-hydrogen) atoms. The molecule has 0 bridgehead atoms. The average molecular weight is 524 g/mol. The summed E-state index contributed by atoms with van der Waals surface area (Å²) in [4.78, 5) is 19.8. The molecule has 1 saturated heterocycles. The van der Waals surface area contributed by atoms with Crippen molar-refractivity contribution in [2.75, 3.05) is 11.9 Å². The van der Waals surface area contributed by atoms with Crippen molar-refractivity contribution in [2.24, 2.45) is 0 Å². The first-order valence-corrected chi connectivity index (χ1v) is 13.3. The third-order valence-corrected chi connectivity index (χ3v) is 7.57. The van der Waals surface area contributed by atoms with Crippen LogP contribution in [0.15, 0.2) is 72.9 Å². The Hall–Kier alpha value is -3.97. The summed E-state index contributed by atoms with van der Waals surface area (Å²) in [5, 5.41) is 7.02. The molecule has 4 aromatic rings. The lowest BCUT2D eigenvalue weighted by atomic mass is 9.96. The Balaban J connectivity index is 1.58. The van der Waals surface area contributed by atoms with Gasteiger partial charge in [0.2, 0.25) is 5.91 Å². The fourth-order valence-corrected chi connectivity index (χ4v) is 6.05. The van der Waals surface area contributed by atoms with Crippen LogP contribution in [0, 0.1) is 34.6 Å². The molecule has 194 valence electrons. The molecular formula is C31H33N5OS. The van der Waals surface area contributed by atoms with E-state index in [1.165, 1.54) is 22.4 Å². The highest BCUT2D eigenvalue weighted by Gasteiger charge is 2.42. The van der Waals surface area contributed by atoms with Crippen LogP contribution in [0.1, 0.15) is 51.4 Å². The third-order valence-electron chi connectivity index (χ3n) is 7.22. The summed E-state index contributed by atoms with van der Waals surface area (Å²) >= 11 is 5.81. The van der Waals surface area contributed by atoms with Gasteiger partial charge in [-0.15, -0.1) is 0 Å². The van der Waals surface area contributed by atoms with Gasteiger partial charge >= 0.3 is 0 Å². The number of hydrogen-bond acceptors (Lipinski definition) is 3. The molecule has 0 spiro atoms. The van der Waals surface area contributed by atoms with Crippen molar-refractivity contribution in [2.45, 2.75) is 46.7 Å². The smallest absolute Gasteiger partial charge is 0.244 e. The molecule has 1 aliphatic rings. The number of para-hydroxylation sites is 1. The fourth-order valence-electron chi connectivity index (χ4n) is 5.75. The average Bonchev–Trinajstić information content (AvgIpc) is 3.35. The number of nitrogens with zero attached hydrogens (tertiary/aromatic N) is 3. The Kier molecular flexibility index (Phi) is 7.04. The SMILES string of the molecule is Cc1cc(C)c(-n2c(C)cc([C@H]3[C@H](c4ccccn4)NC(=S)N3CC(=O)Nc3ccccc3)c2C)c(C)c1. The molecule has 3 heterocycles. The first-order chi connectivity index (χ1) is 18.2. The van der Waals surface area contributed by atoms with Gasteiger partial charge in [-0.2, -0.15) is 0 Å². The van der Waals surface area contributed by atoms with Gasteiger partial charge in [-0.3, -0.25) is 9.78 Å². The lowest BCUT2D eigenvalue weighted by Gasteiger charge is -2.28. The summed E-state index contributed by atoms with van der Waals surface area (Å²) in [5.74, 6) is -0.119. The van der Waals surface area contributed by atoms with Crippen LogP contribution in [-0.4, -0.2) is 32.0 Å². The quantitative estimate of drug-likeness (QED) is 0.303. The summed E-state index contributed by atoms with van der Waals surface area (Å²) in [6.45, 7) is 10.9. The number of amides is 1. The largest absolute Gasteiger partial charge is 0.352 e. The van der Waals surface area contributed by atoms with E-state index in [4.69, 9.17) is 12.2 Å². The van der Waals surface area contributed by atoms with Crippen molar-refractivity contribution >= 4 is 28.9 Å². The van der Waals surface area contributed by atoms with E-state index in [-0.39, 0.29) is 24.5 Å². The molecular weight excluding hydrogens is 490 g/mol. The van der Waals surface area contributed by atoms with Gasteiger partial charge in [0.05, 0.1) is 23.5 Å². The minimum atomic E-state index is -0.204. The first kappa shape index (κ1) is 25.7. The van der Waals surface area contributed by atoms with Crippen molar-refractivity contribution < 1.29 is 4.79 Å². The van der Waals surface area contributed by atoms with Crippen molar-refractivity contribution in [1.82, 2.24) is 19.8 Å². The zero-order valence-electron chi connectivity index (χ0n) is 22.4. The monoisotopic (exact) mass is 523 g/mol. The van der Waals surface area contributed by atoms with Crippen LogP contribution in [0.4, 0.5) is 5.69 Å². The van der Waals surface area contributed by atoms with Crippen LogP contribution in [0.3, 0.4) is 0 Å². The minimum absolute atomic E-state index is 0.119. The van der Waals surface area contributed by atoms with Gasteiger partial charge in [-0.05, 0) is 93.9 Å². The lowest BCUT2D eigenvalue weighted by molar-refractivity contribution is -0.116. The number of aromatic nitrogens is 2. The van der Waals surface area contributed by atoms with Crippen molar-refractivity contribution in [3.05, 3.63) is 112 Å². The molecule has 0 radical (unpaired) electrons. The fraction of sp³-hybridized carbons (Fsp3) is 0.258. The van der Waals surface area contributed by atoms with Crippen LogP contribution in [-0.2, 0) is 4.79 Å². The zero-order valence-corrected chi connectivity index (χ0v) is 23.3. The molecule has 2 N–H and O–H groups in total. The summed E-state index contributed by atoms with van der Waals surface area (Å²) in [6.07, 6.45) is 1.80. The summed E-state index contributed by atoms with van der Waals surface area (Å²) in [5.41, 5.74) is 9.96. The number of thiocarbonyl (C=S) groups is 1. The van der Waals surface area contributed by atoms with Crippen LogP contribution in [0.2, 0.25) is 0 Å². The number of benzene rings is 2. The summed E-state index contributed by atoms with van der Waals surface area (Å²) in [6, 6.07) is 21.7. The molecule has 5 rings (SSSR count). The number of hydrogen-bond donors (Lipinski definition) is 2. The maximum atomic E-state index is 13.2. The molecule has 7 heteroatoms. The van der Waals surface area contributed by atoms with Crippen LogP contribution < -0.4 is 10.6 Å². The number of carbonyl (C=O) groups excluding carboxylic acids is 1. The highest BCUT2D eigenvalue weighted by Crippen LogP contribution is 2.41. The second-order valence-corrected chi connectivity index (χ2v) is 10.5. The van der Waals surface area contributed by atoms with Gasteiger partial charge < -0.3 is 20.1 Å². The molecule has 1 fully saturated rings. The van der Waals surface area contributed by atoms with Gasteiger partial charge in [-0.1, -0.05) is 42.0 Å². The van der Waals surface area contributed by atoms with Crippen molar-refractivity contribution in [3.8, 4) is 5.69 Å². The predicted octanol–water partition coefficient (Wildman–Crippen LogP) is 6.03. The Morgan fingerprint density at radius 1 is 0.974 bits per heavy atom. The van der Waals surface area contributed by atoms with E-state index in [1.54, 1.807) is 6.20 Å². The first-order valence-electron chi connectivity index (χ1n) is 12.8. The van der Waals surface area contributed by atoms with Crippen LogP contribution in [0.25, 0.3) is 5.69 Å². The second kappa shape index (κ2) is 10.4. The molecule has 0 saturated carbocycles. The summed E-state index contributed by atoms with van der Waals surface area (Å²) in [7, 11) is 0. The highest BCUT2D eigenvalue weighted by atomic mass is 32.1. The lowest BCUT2D eigenvalue weighted by Crippen LogP contribution is -2.37. The zero-order chi connectivity index (χ0) is 27.0. The number of carbonyl (C=O) groups is 1. The summed E-state index contributed by atoms with van der Waals surface area (Å²) < 4.78 is 2.33. The van der Waals surface area contributed by atoms with Gasteiger partial charge in [0.1, 0.15) is 6.54 Å². The number of anilines is 1. The number of nitrogens with one attached hydrogen (secondary N) is 2. The number of rotatable bonds is 6. The Labute approximate surface area is 229 Å². The predicted molar refractivity (Wildman–Crippen MR) is 157 cm³/mol. The molecule has 1 aliphatic heterocycles. The van der Waals surface area contributed by atoms with Gasteiger partial charge in [0.15, 0.2) is 5.11 Å². The molecule has 0 aliphatic carbocycles. The van der Waals surface area contributed by atoms with E-state index >= 15 is 0 Å². The number of aryl methyl sites for hydroxylation is 4. The van der Waals surface area contributed by atoms with E-state index in [2.05, 4.69) is 73.0 Å². The van der Waals surface area contributed by atoms with E-state index in [1.807, 2.05) is 53.4 Å². The molecule has 2 aromatic carbocycles. The molecule has 6 nitrogen and oxygen atoms in total. The van der Waals surface area contributed by atoms with Gasteiger partial charge in [-0.25, -0.2) is 0 Å². The molecule has 1 amide bonds. The topological polar surface area (TPSA) is 62.2 Å². The number of pyridine rings is 1. The highest BCUT2D eigenvalue weighted by molar-refractivity contribution is 7.80. The maximum absolute atomic E-state index is 13.2. The standard InChI is InChI=1S/C31H33N5OS/c1-19-15-20(2)29(21(3)16-19)36-22(4)17-25(23(36)5)30-28(26-13-9-10-14-32-26)34-31(38)35(30)18-27(37)33-24-11-7-6-8-12-24/h6-17,28,30H,18H2,1-5H3,(H,33,37)(H,34,38)/t28-,30-/m0/s1. The Morgan fingerprint density at radius 3 is 2.32 bits per heavy atom. The normalized spacial score (nSPS) is 17.0. The molecule has 2 aromatic heterocycles. The third kappa shape index (κ3) is 4.82. The Morgan fingerprint density at radius 2 is 1.66 bits per heavy atom. The molecule has 2 atom stereocenters. The molecule has 0 unspecified atom stereocenters. The minimum Gasteiger partial charge on any atom is -0.352 e. The Bertz CT molecular complexity index is 1470. The van der Waals surface area contributed by atoms with E-state index in [0.29, 0.717) is 5.11 Å².